The number of fused-ring (bicyclic) bond motifs is 2. The zero-order valence-corrected chi connectivity index (χ0v) is 25.8. The molecule has 0 radical (unpaired) electrons. The Balaban J connectivity index is 1.45. The fourth-order valence-electron chi connectivity index (χ4n) is 7.02. The Kier molecular flexibility index (Phi) is 8.84. The molecular formula is C36H45ClN2O2. The SMILES string of the molecule is CC1(C)/C(=C\C=C2/CCCC(/C=C/C3N(CCCO)c4ccccc4C3(C)C)=C2Cl)N(CCCO)c2ccccc21. The molecule has 0 saturated heterocycles. The number of aliphatic hydroxyl groups excluding tert-OH is 2. The number of allylic oxidation sites excluding steroid dienone is 7. The third-order valence-corrected chi connectivity index (χ3v) is 9.74. The van der Waals surface area contributed by atoms with Gasteiger partial charge in [0.15, 0.2) is 0 Å². The highest BCUT2D eigenvalue weighted by Gasteiger charge is 2.43. The van der Waals surface area contributed by atoms with Crippen molar-refractivity contribution in [2.45, 2.75) is 76.7 Å². The topological polar surface area (TPSA) is 46.9 Å². The highest BCUT2D eigenvalue weighted by atomic mass is 35.5. The summed E-state index contributed by atoms with van der Waals surface area (Å²) in [5.41, 5.74) is 8.63. The minimum absolute atomic E-state index is 0.0472. The summed E-state index contributed by atoms with van der Waals surface area (Å²) in [6, 6.07) is 17.5. The molecule has 0 aromatic heterocycles. The highest BCUT2D eigenvalue weighted by molar-refractivity contribution is 6.32. The summed E-state index contributed by atoms with van der Waals surface area (Å²) < 4.78 is 0. The van der Waals surface area contributed by atoms with Gasteiger partial charge in [0.2, 0.25) is 0 Å². The Morgan fingerprint density at radius 1 is 0.854 bits per heavy atom. The number of para-hydroxylation sites is 2. The van der Waals surface area contributed by atoms with Crippen molar-refractivity contribution >= 4 is 23.0 Å². The number of rotatable bonds is 9. The quantitative estimate of drug-likeness (QED) is 0.322. The standard InChI is InChI=1S/C36H45ClN2O2/c1-35(2)28-14-5-7-16-30(28)38(22-10-24-40)32(35)20-18-26-12-9-13-27(34(26)37)19-21-33-36(3,4)29-15-6-8-17-31(29)39(33)23-11-25-41/h5-8,14-21,32,40-41H,9-13,22-25H2,1-4H3/b20-18+,27-19+,33-21+. The minimum atomic E-state index is -0.127. The molecule has 1 aliphatic carbocycles. The molecule has 218 valence electrons. The first-order valence-electron chi connectivity index (χ1n) is 15.1. The van der Waals surface area contributed by atoms with Crippen LogP contribution < -0.4 is 9.80 Å². The molecule has 3 aliphatic rings. The molecule has 2 heterocycles. The first-order valence-corrected chi connectivity index (χ1v) is 15.5. The van der Waals surface area contributed by atoms with Crippen LogP contribution in [0.2, 0.25) is 0 Å². The molecule has 0 fully saturated rings. The van der Waals surface area contributed by atoms with E-state index in [9.17, 15) is 10.2 Å². The van der Waals surface area contributed by atoms with Crippen LogP contribution in [0.15, 0.2) is 94.7 Å². The summed E-state index contributed by atoms with van der Waals surface area (Å²) >= 11 is 7.12. The van der Waals surface area contributed by atoms with Crippen molar-refractivity contribution in [2.24, 2.45) is 0 Å². The lowest BCUT2D eigenvalue weighted by Gasteiger charge is -2.32. The predicted octanol–water partition coefficient (Wildman–Crippen LogP) is 7.76. The van der Waals surface area contributed by atoms with E-state index in [2.05, 4.69) is 110 Å². The van der Waals surface area contributed by atoms with Gasteiger partial charge in [-0.25, -0.2) is 0 Å². The van der Waals surface area contributed by atoms with Gasteiger partial charge in [0.05, 0.1) is 6.04 Å². The van der Waals surface area contributed by atoms with Gasteiger partial charge in [-0.1, -0.05) is 93.9 Å². The van der Waals surface area contributed by atoms with Crippen LogP contribution in [0.5, 0.6) is 0 Å². The lowest BCUT2D eigenvalue weighted by Crippen LogP contribution is -2.40. The van der Waals surface area contributed by atoms with Gasteiger partial charge < -0.3 is 20.0 Å². The van der Waals surface area contributed by atoms with Crippen LogP contribution >= 0.6 is 11.6 Å². The van der Waals surface area contributed by atoms with Crippen molar-refractivity contribution < 1.29 is 10.2 Å². The summed E-state index contributed by atoms with van der Waals surface area (Å²) in [6.45, 7) is 11.2. The summed E-state index contributed by atoms with van der Waals surface area (Å²) in [6.07, 6.45) is 13.6. The monoisotopic (exact) mass is 572 g/mol. The highest BCUT2D eigenvalue weighted by Crippen LogP contribution is 2.48. The molecule has 2 N–H and O–H groups in total. The van der Waals surface area contributed by atoms with Crippen LogP contribution in [0.4, 0.5) is 11.4 Å². The van der Waals surface area contributed by atoms with Crippen LogP contribution in [-0.4, -0.2) is 42.6 Å². The lowest BCUT2D eigenvalue weighted by molar-refractivity contribution is 0.287. The summed E-state index contributed by atoms with van der Waals surface area (Å²) in [5.74, 6) is 0. The molecule has 4 nitrogen and oxygen atoms in total. The van der Waals surface area contributed by atoms with E-state index in [1.54, 1.807) is 0 Å². The number of benzene rings is 2. The lowest BCUT2D eigenvalue weighted by atomic mass is 9.80. The van der Waals surface area contributed by atoms with Gasteiger partial charge in [0.1, 0.15) is 0 Å². The minimum Gasteiger partial charge on any atom is -0.396 e. The average Bonchev–Trinajstić information content (AvgIpc) is 3.32. The Hall–Kier alpha value is -2.79. The zero-order valence-electron chi connectivity index (χ0n) is 25.0. The van der Waals surface area contributed by atoms with Crippen LogP contribution in [0.3, 0.4) is 0 Å². The van der Waals surface area contributed by atoms with E-state index in [0.717, 1.165) is 50.2 Å². The molecule has 1 unspecified atom stereocenters. The van der Waals surface area contributed by atoms with Crippen molar-refractivity contribution in [1.29, 1.82) is 0 Å². The Labute approximate surface area is 251 Å². The van der Waals surface area contributed by atoms with Crippen molar-refractivity contribution in [1.82, 2.24) is 0 Å². The largest absolute Gasteiger partial charge is 0.396 e. The van der Waals surface area contributed by atoms with E-state index in [1.807, 2.05) is 0 Å². The molecule has 1 atom stereocenters. The second-order valence-electron chi connectivity index (χ2n) is 12.6. The van der Waals surface area contributed by atoms with E-state index in [-0.39, 0.29) is 30.1 Å². The van der Waals surface area contributed by atoms with Crippen molar-refractivity contribution in [3.05, 3.63) is 106 Å². The number of hydrogen-bond donors (Lipinski definition) is 2. The van der Waals surface area contributed by atoms with Gasteiger partial charge >= 0.3 is 0 Å². The second kappa shape index (κ2) is 12.2. The first-order chi connectivity index (χ1) is 19.7. The van der Waals surface area contributed by atoms with Gasteiger partial charge in [-0.2, -0.15) is 0 Å². The van der Waals surface area contributed by atoms with Crippen molar-refractivity contribution in [3.8, 4) is 0 Å². The number of nitrogens with zero attached hydrogens (tertiary/aromatic N) is 2. The molecule has 0 bridgehead atoms. The van der Waals surface area contributed by atoms with Gasteiger partial charge in [-0.05, 0) is 72.6 Å². The van der Waals surface area contributed by atoms with Gasteiger partial charge in [-0.3, -0.25) is 0 Å². The number of aliphatic hydroxyl groups is 2. The molecular weight excluding hydrogens is 528 g/mol. The molecule has 0 amide bonds. The van der Waals surface area contributed by atoms with E-state index >= 15 is 0 Å². The smallest absolute Gasteiger partial charge is 0.0568 e. The van der Waals surface area contributed by atoms with Gasteiger partial charge in [-0.15, -0.1) is 0 Å². The molecule has 2 aromatic carbocycles. The summed E-state index contributed by atoms with van der Waals surface area (Å²) in [7, 11) is 0. The van der Waals surface area contributed by atoms with Crippen LogP contribution in [0.25, 0.3) is 0 Å². The number of halogens is 1. The maximum absolute atomic E-state index is 9.57. The Bertz CT molecular complexity index is 1380. The van der Waals surface area contributed by atoms with Crippen LogP contribution in [-0.2, 0) is 10.8 Å². The Morgan fingerprint density at radius 2 is 1.51 bits per heavy atom. The molecule has 5 rings (SSSR count). The second-order valence-corrected chi connectivity index (χ2v) is 13.0. The maximum atomic E-state index is 9.57. The third kappa shape index (κ3) is 5.55. The molecule has 41 heavy (non-hydrogen) atoms. The number of hydrogen-bond acceptors (Lipinski definition) is 4. The fraction of sp³-hybridized carbons (Fsp3) is 0.444. The fourth-order valence-corrected chi connectivity index (χ4v) is 7.33. The Morgan fingerprint density at radius 3 is 2.24 bits per heavy atom. The van der Waals surface area contributed by atoms with Crippen molar-refractivity contribution in [2.75, 3.05) is 36.1 Å². The van der Waals surface area contributed by atoms with Crippen LogP contribution in [0, 0.1) is 0 Å². The van der Waals surface area contributed by atoms with E-state index in [4.69, 9.17) is 11.6 Å². The van der Waals surface area contributed by atoms with E-state index < -0.39 is 0 Å². The molecule has 5 heteroatoms. The normalized spacial score (nSPS) is 23.2. The average molecular weight is 573 g/mol. The maximum Gasteiger partial charge on any atom is 0.0568 e. The predicted molar refractivity (Wildman–Crippen MR) is 173 cm³/mol. The summed E-state index contributed by atoms with van der Waals surface area (Å²) in [4.78, 5) is 4.81. The molecule has 2 aromatic rings. The van der Waals surface area contributed by atoms with Crippen LogP contribution in [0.1, 0.15) is 70.9 Å². The van der Waals surface area contributed by atoms with E-state index in [0.29, 0.717) is 0 Å². The van der Waals surface area contributed by atoms with E-state index in [1.165, 1.54) is 39.3 Å². The van der Waals surface area contributed by atoms with Crippen molar-refractivity contribution in [3.63, 3.8) is 0 Å². The summed E-state index contributed by atoms with van der Waals surface area (Å²) in [5, 5.41) is 20.0. The zero-order chi connectivity index (χ0) is 29.2. The molecule has 2 aliphatic heterocycles. The van der Waals surface area contributed by atoms with Gasteiger partial charge in [0.25, 0.3) is 0 Å². The number of anilines is 2. The first kappa shape index (κ1) is 29.7. The third-order valence-electron chi connectivity index (χ3n) is 9.26. The molecule has 0 saturated carbocycles. The van der Waals surface area contributed by atoms with Gasteiger partial charge in [0, 0.05) is 59.2 Å². The molecule has 0 spiro atoms.